The predicted octanol–water partition coefficient (Wildman–Crippen LogP) is 0.223. The molecule has 6 heteroatoms. The topological polar surface area (TPSA) is 68.2 Å². The maximum Gasteiger partial charge on any atom is 0.329 e. The van der Waals surface area contributed by atoms with Crippen molar-refractivity contribution in [3.8, 4) is 0 Å². The number of carbonyl (C=O) groups excluding carboxylic acids is 1. The average molecular weight is 266 g/mol. The van der Waals surface area contributed by atoms with Crippen LogP contribution in [0.3, 0.4) is 0 Å². The predicted molar refractivity (Wildman–Crippen MR) is 71.6 cm³/mol. The number of nitrogens with one attached hydrogen (secondary N) is 2. The lowest BCUT2D eigenvalue weighted by Gasteiger charge is -2.24. The average Bonchev–Trinajstić information content (AvgIpc) is 2.86. The van der Waals surface area contributed by atoms with E-state index in [4.69, 9.17) is 4.74 Å². The summed E-state index contributed by atoms with van der Waals surface area (Å²) in [5, 5.41) is 10.9. The highest BCUT2D eigenvalue weighted by Crippen LogP contribution is 2.15. The zero-order chi connectivity index (χ0) is 13.7. The zero-order valence-corrected chi connectivity index (χ0v) is 11.6. The first-order valence-electron chi connectivity index (χ1n) is 6.72. The maximum atomic E-state index is 11.8. The Morgan fingerprint density at radius 2 is 2.37 bits per heavy atom. The van der Waals surface area contributed by atoms with Crippen LogP contribution in [-0.2, 0) is 16.6 Å². The van der Waals surface area contributed by atoms with Crippen LogP contribution in [0.25, 0.3) is 0 Å². The van der Waals surface area contributed by atoms with Crippen molar-refractivity contribution in [3.05, 3.63) is 18.0 Å². The second-order valence-corrected chi connectivity index (χ2v) is 4.97. The Bertz CT molecular complexity index is 413. The first-order chi connectivity index (χ1) is 9.20. The van der Waals surface area contributed by atoms with Gasteiger partial charge >= 0.3 is 5.97 Å². The Morgan fingerprint density at radius 3 is 2.95 bits per heavy atom. The van der Waals surface area contributed by atoms with Gasteiger partial charge in [0.05, 0.1) is 12.8 Å². The summed E-state index contributed by atoms with van der Waals surface area (Å²) in [5.74, 6) is 0.324. The Balaban J connectivity index is 1.96. The van der Waals surface area contributed by atoms with E-state index in [1.165, 1.54) is 7.11 Å². The Hall–Kier alpha value is -1.40. The van der Waals surface area contributed by atoms with Crippen LogP contribution in [-0.4, -0.2) is 42.5 Å². The molecule has 1 aliphatic rings. The monoisotopic (exact) mass is 266 g/mol. The number of methoxy groups -OCH3 is 1. The number of rotatable bonds is 5. The van der Waals surface area contributed by atoms with Crippen molar-refractivity contribution in [2.75, 3.05) is 26.7 Å². The van der Waals surface area contributed by atoms with Gasteiger partial charge < -0.3 is 10.1 Å². The summed E-state index contributed by atoms with van der Waals surface area (Å²) >= 11 is 0. The normalized spacial score (nSPS) is 18.2. The summed E-state index contributed by atoms with van der Waals surface area (Å²) in [6.45, 7) is 2.93. The number of hydrogen-bond donors (Lipinski definition) is 2. The molecule has 0 radical (unpaired) electrons. The third-order valence-corrected chi connectivity index (χ3v) is 3.54. The van der Waals surface area contributed by atoms with Crippen LogP contribution in [0.2, 0.25) is 0 Å². The fourth-order valence-electron chi connectivity index (χ4n) is 2.38. The summed E-state index contributed by atoms with van der Waals surface area (Å²) in [4.78, 5) is 11.8. The van der Waals surface area contributed by atoms with E-state index >= 15 is 0 Å². The third-order valence-electron chi connectivity index (χ3n) is 3.54. The van der Waals surface area contributed by atoms with Crippen LogP contribution in [0.15, 0.2) is 12.3 Å². The molecular formula is C13H22N4O2. The summed E-state index contributed by atoms with van der Waals surface area (Å²) in [6, 6.07) is 1.37. The number of aromatic nitrogens is 2. The third kappa shape index (κ3) is 3.78. The molecule has 0 saturated carbocycles. The van der Waals surface area contributed by atoms with Crippen LogP contribution in [0.1, 0.15) is 24.6 Å². The van der Waals surface area contributed by atoms with Gasteiger partial charge in [0, 0.05) is 13.2 Å². The molecule has 1 aliphatic heterocycles. The minimum atomic E-state index is -0.471. The fraction of sp³-hybridized carbons (Fsp3) is 0.692. The first-order valence-corrected chi connectivity index (χ1v) is 6.72. The summed E-state index contributed by atoms with van der Waals surface area (Å²) in [6.07, 6.45) is 4.11. The lowest BCUT2D eigenvalue weighted by Crippen LogP contribution is -2.37. The van der Waals surface area contributed by atoms with Crippen LogP contribution < -0.4 is 10.6 Å². The Morgan fingerprint density at radius 1 is 1.63 bits per heavy atom. The highest BCUT2D eigenvalue weighted by molar-refractivity contribution is 5.76. The van der Waals surface area contributed by atoms with Crippen molar-refractivity contribution >= 4 is 5.97 Å². The highest BCUT2D eigenvalue weighted by atomic mass is 16.5. The minimum absolute atomic E-state index is 0.285. The first kappa shape index (κ1) is 14.0. The molecule has 19 heavy (non-hydrogen) atoms. The van der Waals surface area contributed by atoms with E-state index in [1.54, 1.807) is 4.68 Å². The van der Waals surface area contributed by atoms with E-state index in [0.717, 1.165) is 32.5 Å². The van der Waals surface area contributed by atoms with Crippen molar-refractivity contribution in [2.24, 2.45) is 13.0 Å². The van der Waals surface area contributed by atoms with Crippen LogP contribution in [0.5, 0.6) is 0 Å². The number of carbonyl (C=O) groups is 1. The van der Waals surface area contributed by atoms with E-state index in [0.29, 0.717) is 11.6 Å². The second kappa shape index (κ2) is 6.68. The van der Waals surface area contributed by atoms with E-state index < -0.39 is 6.04 Å². The molecule has 1 atom stereocenters. The van der Waals surface area contributed by atoms with Gasteiger partial charge in [0.15, 0.2) is 6.04 Å². The van der Waals surface area contributed by atoms with Crippen molar-refractivity contribution in [1.82, 2.24) is 20.4 Å². The van der Waals surface area contributed by atoms with Gasteiger partial charge in [0.25, 0.3) is 0 Å². The lowest BCUT2D eigenvalue weighted by atomic mass is 9.98. The molecule has 1 fully saturated rings. The molecule has 1 saturated heterocycles. The zero-order valence-electron chi connectivity index (χ0n) is 11.6. The number of ether oxygens (including phenoxy) is 1. The largest absolute Gasteiger partial charge is 0.468 e. The van der Waals surface area contributed by atoms with Gasteiger partial charge in [-0.3, -0.25) is 10.00 Å². The maximum absolute atomic E-state index is 11.8. The van der Waals surface area contributed by atoms with E-state index in [-0.39, 0.29) is 5.97 Å². The number of hydrogen-bond acceptors (Lipinski definition) is 5. The number of esters is 1. The molecule has 0 aromatic carbocycles. The van der Waals surface area contributed by atoms with Gasteiger partial charge in [-0.2, -0.15) is 5.10 Å². The van der Waals surface area contributed by atoms with Crippen molar-refractivity contribution in [1.29, 1.82) is 0 Å². The lowest BCUT2D eigenvalue weighted by molar-refractivity contribution is -0.143. The molecule has 0 amide bonds. The molecule has 106 valence electrons. The molecule has 1 aromatic rings. The standard InChI is InChI=1S/C13H22N4O2/c1-17-8-5-11(16-17)12(13(18)19-2)15-9-10-3-6-14-7-4-10/h5,8,10,12,14-15H,3-4,6-7,9H2,1-2H3. The molecular weight excluding hydrogens is 244 g/mol. The van der Waals surface area contributed by atoms with E-state index in [9.17, 15) is 4.79 Å². The smallest absolute Gasteiger partial charge is 0.329 e. The van der Waals surface area contributed by atoms with Crippen molar-refractivity contribution in [3.63, 3.8) is 0 Å². The summed E-state index contributed by atoms with van der Waals surface area (Å²) < 4.78 is 6.54. The SMILES string of the molecule is COC(=O)C(NCC1CCNCC1)c1ccn(C)n1. The molecule has 2 rings (SSSR count). The molecule has 2 heterocycles. The summed E-state index contributed by atoms with van der Waals surface area (Å²) in [5.41, 5.74) is 0.711. The molecule has 1 aromatic heterocycles. The quantitative estimate of drug-likeness (QED) is 0.746. The summed E-state index contributed by atoms with van der Waals surface area (Å²) in [7, 11) is 3.25. The molecule has 1 unspecified atom stereocenters. The van der Waals surface area contributed by atoms with E-state index in [1.807, 2.05) is 19.3 Å². The van der Waals surface area contributed by atoms with Gasteiger partial charge in [-0.25, -0.2) is 4.79 Å². The second-order valence-electron chi connectivity index (χ2n) is 4.97. The van der Waals surface area contributed by atoms with Gasteiger partial charge in [-0.05, 0) is 44.5 Å². The van der Waals surface area contributed by atoms with Crippen molar-refractivity contribution in [2.45, 2.75) is 18.9 Å². The van der Waals surface area contributed by atoms with Crippen molar-refractivity contribution < 1.29 is 9.53 Å². The van der Waals surface area contributed by atoms with Crippen LogP contribution in [0.4, 0.5) is 0 Å². The van der Waals surface area contributed by atoms with Crippen LogP contribution in [0, 0.1) is 5.92 Å². The highest BCUT2D eigenvalue weighted by Gasteiger charge is 2.24. The molecule has 0 bridgehead atoms. The van der Waals surface area contributed by atoms with Crippen LogP contribution >= 0.6 is 0 Å². The van der Waals surface area contributed by atoms with Gasteiger partial charge in [0.1, 0.15) is 0 Å². The Labute approximate surface area is 113 Å². The fourth-order valence-corrected chi connectivity index (χ4v) is 2.38. The minimum Gasteiger partial charge on any atom is -0.468 e. The number of piperidine rings is 1. The molecule has 0 aliphatic carbocycles. The van der Waals surface area contributed by atoms with E-state index in [2.05, 4.69) is 15.7 Å². The number of aryl methyl sites for hydroxylation is 1. The molecule has 6 nitrogen and oxygen atoms in total. The Kier molecular flexibility index (Phi) is 4.93. The molecule has 0 spiro atoms. The van der Waals surface area contributed by atoms with Gasteiger partial charge in [-0.1, -0.05) is 0 Å². The van der Waals surface area contributed by atoms with Gasteiger partial charge in [-0.15, -0.1) is 0 Å². The van der Waals surface area contributed by atoms with Gasteiger partial charge in [0.2, 0.25) is 0 Å². The molecule has 2 N–H and O–H groups in total. The number of nitrogens with zero attached hydrogens (tertiary/aromatic N) is 2.